The van der Waals surface area contributed by atoms with Crippen LogP contribution in [0, 0.1) is 0 Å². The van der Waals surface area contributed by atoms with Crippen molar-refractivity contribution in [3.05, 3.63) is 0 Å². The molecule has 0 heterocycles. The molecule has 0 aromatic carbocycles. The third-order valence-corrected chi connectivity index (χ3v) is 5.15. The predicted octanol–water partition coefficient (Wildman–Crippen LogP) is 4.45. The van der Waals surface area contributed by atoms with Crippen molar-refractivity contribution in [2.45, 2.75) is 96.1 Å². The molecule has 0 radical (unpaired) electrons. The van der Waals surface area contributed by atoms with E-state index in [1.807, 2.05) is 0 Å². The molecule has 0 amide bonds. The summed E-state index contributed by atoms with van der Waals surface area (Å²) in [6.45, 7) is 4.50. The molecule has 1 atom stereocenters. The monoisotopic (exact) mass is 283 g/mol. The van der Waals surface area contributed by atoms with Crippen molar-refractivity contribution in [3.63, 3.8) is 0 Å². The third-order valence-electron chi connectivity index (χ3n) is 5.15. The van der Waals surface area contributed by atoms with Gasteiger partial charge < -0.3 is 5.11 Å². The fraction of sp³-hybridized carbons (Fsp3) is 0.941. The number of rotatable bonds is 9. The molecular weight excluding hydrogens is 250 g/mol. The Balaban J connectivity index is 2.57. The molecule has 1 unspecified atom stereocenters. The van der Waals surface area contributed by atoms with E-state index in [0.29, 0.717) is 12.5 Å². The quantitative estimate of drug-likeness (QED) is 0.635. The molecule has 0 bridgehead atoms. The number of aliphatic carboxylic acids is 1. The van der Waals surface area contributed by atoms with Gasteiger partial charge in [-0.3, -0.25) is 9.69 Å². The summed E-state index contributed by atoms with van der Waals surface area (Å²) in [6.07, 6.45) is 12.4. The Morgan fingerprint density at radius 1 is 1.20 bits per heavy atom. The van der Waals surface area contributed by atoms with Crippen molar-refractivity contribution in [2.24, 2.45) is 0 Å². The molecule has 1 saturated carbocycles. The summed E-state index contributed by atoms with van der Waals surface area (Å²) in [5, 5.41) is 9.28. The lowest BCUT2D eigenvalue weighted by atomic mass is 9.77. The average molecular weight is 283 g/mol. The normalized spacial score (nSPS) is 20.0. The molecule has 20 heavy (non-hydrogen) atoms. The lowest BCUT2D eigenvalue weighted by molar-refractivity contribution is -0.141. The van der Waals surface area contributed by atoms with E-state index in [4.69, 9.17) is 0 Å². The van der Waals surface area contributed by atoms with Crippen molar-refractivity contribution in [1.82, 2.24) is 4.90 Å². The Labute approximate surface area is 124 Å². The Morgan fingerprint density at radius 3 is 2.40 bits per heavy atom. The Bertz CT molecular complexity index is 285. The number of hydrogen-bond acceptors (Lipinski definition) is 2. The van der Waals surface area contributed by atoms with E-state index in [1.54, 1.807) is 0 Å². The Hall–Kier alpha value is -0.570. The molecule has 1 aliphatic rings. The van der Waals surface area contributed by atoms with Crippen LogP contribution in [0.15, 0.2) is 0 Å². The van der Waals surface area contributed by atoms with E-state index in [1.165, 1.54) is 51.4 Å². The van der Waals surface area contributed by atoms with Gasteiger partial charge in [0.15, 0.2) is 0 Å². The van der Waals surface area contributed by atoms with Crippen LogP contribution in [-0.4, -0.2) is 34.6 Å². The average Bonchev–Trinajstić information content (AvgIpc) is 2.42. The van der Waals surface area contributed by atoms with E-state index in [2.05, 4.69) is 25.8 Å². The summed E-state index contributed by atoms with van der Waals surface area (Å²) in [5.74, 6) is -0.642. The SMILES string of the molecule is CCCCCCC(C)N(C)C1(CC(=O)O)CCCCC1. The van der Waals surface area contributed by atoms with Crippen LogP contribution in [0.2, 0.25) is 0 Å². The van der Waals surface area contributed by atoms with Gasteiger partial charge in [-0.1, -0.05) is 51.9 Å². The second-order valence-electron chi connectivity index (χ2n) is 6.66. The van der Waals surface area contributed by atoms with E-state index in [-0.39, 0.29) is 5.54 Å². The lowest BCUT2D eigenvalue weighted by Crippen LogP contribution is -2.53. The number of unbranched alkanes of at least 4 members (excludes halogenated alkanes) is 3. The van der Waals surface area contributed by atoms with Gasteiger partial charge in [0.1, 0.15) is 0 Å². The number of carboxylic acids is 1. The standard InChI is InChI=1S/C17H33NO2/c1-4-5-6-8-11-15(2)18(3)17(14-16(19)20)12-9-7-10-13-17/h15H,4-14H2,1-3H3,(H,19,20). The molecule has 0 aliphatic heterocycles. The maximum absolute atomic E-state index is 11.3. The third kappa shape index (κ3) is 5.08. The Morgan fingerprint density at radius 2 is 1.85 bits per heavy atom. The van der Waals surface area contributed by atoms with Crippen LogP contribution in [0.3, 0.4) is 0 Å². The molecule has 0 spiro atoms. The second-order valence-corrected chi connectivity index (χ2v) is 6.66. The number of hydrogen-bond donors (Lipinski definition) is 1. The highest BCUT2D eigenvalue weighted by Gasteiger charge is 2.39. The molecule has 0 aromatic heterocycles. The molecule has 1 rings (SSSR count). The fourth-order valence-corrected chi connectivity index (χ4v) is 3.67. The number of nitrogens with zero attached hydrogens (tertiary/aromatic N) is 1. The summed E-state index contributed by atoms with van der Waals surface area (Å²) in [4.78, 5) is 13.7. The van der Waals surface area contributed by atoms with Crippen molar-refractivity contribution >= 4 is 5.97 Å². The minimum Gasteiger partial charge on any atom is -0.481 e. The van der Waals surface area contributed by atoms with Crippen molar-refractivity contribution < 1.29 is 9.90 Å². The van der Waals surface area contributed by atoms with E-state index in [0.717, 1.165) is 12.8 Å². The van der Waals surface area contributed by atoms with Crippen LogP contribution in [0.25, 0.3) is 0 Å². The van der Waals surface area contributed by atoms with Crippen LogP contribution in [0.5, 0.6) is 0 Å². The smallest absolute Gasteiger partial charge is 0.305 e. The first-order chi connectivity index (χ1) is 9.52. The molecule has 1 N–H and O–H groups in total. The van der Waals surface area contributed by atoms with Gasteiger partial charge in [-0.2, -0.15) is 0 Å². The Kier molecular flexibility index (Phi) is 7.57. The first-order valence-electron chi connectivity index (χ1n) is 8.46. The van der Waals surface area contributed by atoms with Crippen LogP contribution < -0.4 is 0 Å². The van der Waals surface area contributed by atoms with Gasteiger partial charge in [-0.25, -0.2) is 0 Å². The van der Waals surface area contributed by atoms with Gasteiger partial charge in [0.05, 0.1) is 6.42 Å². The van der Waals surface area contributed by atoms with Crippen LogP contribution in [0.1, 0.15) is 84.5 Å². The molecule has 1 aliphatic carbocycles. The van der Waals surface area contributed by atoms with Gasteiger partial charge in [0, 0.05) is 11.6 Å². The summed E-state index contributed by atoms with van der Waals surface area (Å²) < 4.78 is 0. The summed E-state index contributed by atoms with van der Waals surface area (Å²) >= 11 is 0. The first kappa shape index (κ1) is 17.5. The topological polar surface area (TPSA) is 40.5 Å². The summed E-state index contributed by atoms with van der Waals surface area (Å²) in [5.41, 5.74) is -0.0890. The minimum atomic E-state index is -0.642. The minimum absolute atomic E-state index is 0.0890. The molecule has 3 heteroatoms. The maximum atomic E-state index is 11.3. The fourth-order valence-electron chi connectivity index (χ4n) is 3.67. The largest absolute Gasteiger partial charge is 0.481 e. The number of carbonyl (C=O) groups is 1. The van der Waals surface area contributed by atoms with Gasteiger partial charge in [0.2, 0.25) is 0 Å². The molecule has 1 fully saturated rings. The van der Waals surface area contributed by atoms with Crippen LogP contribution in [-0.2, 0) is 4.79 Å². The molecule has 0 aromatic rings. The van der Waals surface area contributed by atoms with Crippen molar-refractivity contribution in [2.75, 3.05) is 7.05 Å². The van der Waals surface area contributed by atoms with Gasteiger partial charge in [0.25, 0.3) is 0 Å². The zero-order valence-electron chi connectivity index (χ0n) is 13.7. The highest BCUT2D eigenvalue weighted by molar-refractivity contribution is 5.68. The van der Waals surface area contributed by atoms with Crippen molar-refractivity contribution in [3.8, 4) is 0 Å². The van der Waals surface area contributed by atoms with Gasteiger partial charge in [-0.05, 0) is 33.2 Å². The second kappa shape index (κ2) is 8.66. The molecule has 0 saturated heterocycles. The van der Waals surface area contributed by atoms with E-state index in [9.17, 15) is 9.90 Å². The zero-order valence-corrected chi connectivity index (χ0v) is 13.7. The van der Waals surface area contributed by atoms with Crippen LogP contribution >= 0.6 is 0 Å². The van der Waals surface area contributed by atoms with E-state index < -0.39 is 5.97 Å². The number of carboxylic acid groups (broad SMARTS) is 1. The van der Waals surface area contributed by atoms with Crippen LogP contribution in [0.4, 0.5) is 0 Å². The lowest BCUT2D eigenvalue weighted by Gasteiger charge is -2.47. The predicted molar refractivity (Wildman–Crippen MR) is 84.1 cm³/mol. The van der Waals surface area contributed by atoms with E-state index >= 15 is 0 Å². The van der Waals surface area contributed by atoms with Gasteiger partial charge in [-0.15, -0.1) is 0 Å². The summed E-state index contributed by atoms with van der Waals surface area (Å²) in [6, 6.07) is 0.490. The highest BCUT2D eigenvalue weighted by atomic mass is 16.4. The summed E-state index contributed by atoms with van der Waals surface area (Å²) in [7, 11) is 2.15. The maximum Gasteiger partial charge on any atom is 0.305 e. The zero-order chi connectivity index (χ0) is 15.0. The van der Waals surface area contributed by atoms with Gasteiger partial charge >= 0.3 is 5.97 Å². The highest BCUT2D eigenvalue weighted by Crippen LogP contribution is 2.37. The molecule has 118 valence electrons. The molecule has 3 nitrogen and oxygen atoms in total. The first-order valence-corrected chi connectivity index (χ1v) is 8.46. The van der Waals surface area contributed by atoms with Crippen molar-refractivity contribution in [1.29, 1.82) is 0 Å². The molecular formula is C17H33NO2.